The number of anilines is 1. The van der Waals surface area contributed by atoms with Gasteiger partial charge in [0.15, 0.2) is 0 Å². The Morgan fingerprint density at radius 2 is 2.13 bits per heavy atom. The van der Waals surface area contributed by atoms with E-state index in [-0.39, 0.29) is 24.1 Å². The van der Waals surface area contributed by atoms with E-state index in [0.29, 0.717) is 5.69 Å². The molecule has 0 saturated heterocycles. The summed E-state index contributed by atoms with van der Waals surface area (Å²) in [7, 11) is 0. The molecular weight excluding hydrogens is 293 g/mol. The standard InChI is InChI=1S/C8H8BrF3N2S/c9-6-3-7(5-13-4-6)14-1-2-15-8(10,11)12/h3-5,14H,1-2H2. The molecule has 1 heterocycles. The van der Waals surface area contributed by atoms with Crippen LogP contribution in [0, 0.1) is 0 Å². The van der Waals surface area contributed by atoms with Gasteiger partial charge in [-0.15, -0.1) is 0 Å². The number of rotatable bonds is 4. The molecule has 0 fully saturated rings. The number of hydrogen-bond acceptors (Lipinski definition) is 3. The highest BCUT2D eigenvalue weighted by Gasteiger charge is 2.27. The Bertz CT molecular complexity index is 319. The van der Waals surface area contributed by atoms with Crippen LogP contribution in [-0.4, -0.2) is 22.8 Å². The average Bonchev–Trinajstić information content (AvgIpc) is 2.11. The highest BCUT2D eigenvalue weighted by atomic mass is 79.9. The van der Waals surface area contributed by atoms with Crippen LogP contribution in [0.2, 0.25) is 0 Å². The number of halogens is 4. The summed E-state index contributed by atoms with van der Waals surface area (Å²) in [6, 6.07) is 1.76. The molecule has 1 aromatic heterocycles. The topological polar surface area (TPSA) is 24.9 Å². The van der Waals surface area contributed by atoms with Crippen molar-refractivity contribution >= 4 is 33.4 Å². The maximum atomic E-state index is 11.8. The number of thioether (sulfide) groups is 1. The van der Waals surface area contributed by atoms with Crippen molar-refractivity contribution < 1.29 is 13.2 Å². The van der Waals surface area contributed by atoms with Crippen LogP contribution >= 0.6 is 27.7 Å². The van der Waals surface area contributed by atoms with Gasteiger partial charge in [-0.25, -0.2) is 0 Å². The van der Waals surface area contributed by atoms with Gasteiger partial charge in [0, 0.05) is 23.0 Å². The van der Waals surface area contributed by atoms with E-state index in [1.165, 1.54) is 0 Å². The van der Waals surface area contributed by atoms with E-state index in [1.54, 1.807) is 18.5 Å². The Balaban J connectivity index is 2.26. The first-order valence-corrected chi connectivity index (χ1v) is 5.80. The van der Waals surface area contributed by atoms with Crippen molar-refractivity contribution in [2.45, 2.75) is 5.51 Å². The first-order valence-electron chi connectivity index (χ1n) is 4.02. The lowest BCUT2D eigenvalue weighted by Gasteiger charge is -2.07. The summed E-state index contributed by atoms with van der Waals surface area (Å²) < 4.78 is 36.1. The van der Waals surface area contributed by atoms with E-state index in [1.807, 2.05) is 0 Å². The number of pyridine rings is 1. The first kappa shape index (κ1) is 12.6. The molecule has 2 nitrogen and oxygen atoms in total. The summed E-state index contributed by atoms with van der Waals surface area (Å²) in [5.74, 6) is -0.0178. The Morgan fingerprint density at radius 1 is 1.40 bits per heavy atom. The lowest BCUT2D eigenvalue weighted by Crippen LogP contribution is -2.09. The minimum absolute atomic E-state index is 0.0178. The van der Waals surface area contributed by atoms with Crippen molar-refractivity contribution in [3.8, 4) is 0 Å². The molecule has 0 aliphatic carbocycles. The fraction of sp³-hybridized carbons (Fsp3) is 0.375. The minimum Gasteiger partial charge on any atom is -0.383 e. The maximum Gasteiger partial charge on any atom is 0.441 e. The van der Waals surface area contributed by atoms with E-state index in [4.69, 9.17) is 0 Å². The van der Waals surface area contributed by atoms with Crippen molar-refractivity contribution in [2.24, 2.45) is 0 Å². The molecule has 0 saturated carbocycles. The number of aromatic nitrogens is 1. The Morgan fingerprint density at radius 3 is 2.73 bits per heavy atom. The normalized spacial score (nSPS) is 11.5. The third kappa shape index (κ3) is 5.88. The molecule has 0 atom stereocenters. The molecule has 0 aromatic carbocycles. The lowest BCUT2D eigenvalue weighted by atomic mass is 10.4. The van der Waals surface area contributed by atoms with Gasteiger partial charge < -0.3 is 5.32 Å². The molecule has 0 amide bonds. The van der Waals surface area contributed by atoms with Gasteiger partial charge in [0.1, 0.15) is 0 Å². The summed E-state index contributed by atoms with van der Waals surface area (Å²) in [5, 5.41) is 2.84. The van der Waals surface area contributed by atoms with Gasteiger partial charge in [-0.05, 0) is 33.8 Å². The third-order valence-electron chi connectivity index (χ3n) is 1.40. The second-order valence-corrected chi connectivity index (χ2v) is 4.69. The first-order chi connectivity index (χ1) is 6.97. The van der Waals surface area contributed by atoms with Crippen molar-refractivity contribution in [1.82, 2.24) is 4.98 Å². The lowest BCUT2D eigenvalue weighted by molar-refractivity contribution is -0.0327. The predicted molar refractivity (Wildman–Crippen MR) is 58.9 cm³/mol. The van der Waals surface area contributed by atoms with Crippen LogP contribution in [0.4, 0.5) is 18.9 Å². The molecule has 0 aliphatic rings. The highest BCUT2D eigenvalue weighted by molar-refractivity contribution is 9.10. The van der Waals surface area contributed by atoms with Gasteiger partial charge in [-0.3, -0.25) is 4.98 Å². The number of nitrogens with zero attached hydrogens (tertiary/aromatic N) is 1. The summed E-state index contributed by atoms with van der Waals surface area (Å²) in [6.45, 7) is 0.252. The van der Waals surface area contributed by atoms with Crippen LogP contribution in [0.25, 0.3) is 0 Å². The van der Waals surface area contributed by atoms with Crippen molar-refractivity contribution in [2.75, 3.05) is 17.6 Å². The molecular formula is C8H8BrF3N2S. The van der Waals surface area contributed by atoms with E-state index < -0.39 is 5.51 Å². The molecule has 84 valence electrons. The third-order valence-corrected chi connectivity index (χ3v) is 2.57. The molecule has 1 rings (SSSR count). The van der Waals surface area contributed by atoms with Gasteiger partial charge in [-0.1, -0.05) is 0 Å². The molecule has 7 heteroatoms. The van der Waals surface area contributed by atoms with Gasteiger partial charge in [0.05, 0.1) is 11.9 Å². The van der Waals surface area contributed by atoms with Gasteiger partial charge in [-0.2, -0.15) is 13.2 Å². The van der Waals surface area contributed by atoms with Crippen molar-refractivity contribution in [3.63, 3.8) is 0 Å². The quantitative estimate of drug-likeness (QED) is 0.862. The second-order valence-electron chi connectivity index (χ2n) is 2.61. The smallest absolute Gasteiger partial charge is 0.383 e. The van der Waals surface area contributed by atoms with E-state index in [0.717, 1.165) is 4.47 Å². The zero-order chi connectivity index (χ0) is 11.3. The Labute approximate surface area is 97.8 Å². The van der Waals surface area contributed by atoms with Gasteiger partial charge in [0.2, 0.25) is 0 Å². The van der Waals surface area contributed by atoms with Crippen LogP contribution in [0.15, 0.2) is 22.9 Å². The highest BCUT2D eigenvalue weighted by Crippen LogP contribution is 2.29. The Hall–Kier alpha value is -0.430. The SMILES string of the molecule is FC(F)(F)SCCNc1cncc(Br)c1. The van der Waals surface area contributed by atoms with Crippen LogP contribution in [0.3, 0.4) is 0 Å². The largest absolute Gasteiger partial charge is 0.441 e. The number of nitrogens with one attached hydrogen (secondary N) is 1. The summed E-state index contributed by atoms with van der Waals surface area (Å²) in [5.41, 5.74) is -3.45. The fourth-order valence-corrected chi connectivity index (χ4v) is 1.67. The molecule has 0 unspecified atom stereocenters. The van der Waals surface area contributed by atoms with Crippen LogP contribution in [0.5, 0.6) is 0 Å². The number of hydrogen-bond donors (Lipinski definition) is 1. The fourth-order valence-electron chi connectivity index (χ4n) is 0.871. The molecule has 1 N–H and O–H groups in total. The molecule has 0 spiro atoms. The van der Waals surface area contributed by atoms with E-state index >= 15 is 0 Å². The summed E-state index contributed by atoms with van der Waals surface area (Å²) in [4.78, 5) is 3.87. The summed E-state index contributed by atoms with van der Waals surface area (Å²) in [6.07, 6.45) is 3.17. The van der Waals surface area contributed by atoms with Crippen LogP contribution < -0.4 is 5.32 Å². The molecule has 1 aromatic rings. The molecule has 0 radical (unpaired) electrons. The van der Waals surface area contributed by atoms with E-state index in [9.17, 15) is 13.2 Å². The second kappa shape index (κ2) is 5.60. The maximum absolute atomic E-state index is 11.8. The summed E-state index contributed by atoms with van der Waals surface area (Å²) >= 11 is 3.18. The monoisotopic (exact) mass is 300 g/mol. The molecule has 15 heavy (non-hydrogen) atoms. The van der Waals surface area contributed by atoms with E-state index in [2.05, 4.69) is 26.2 Å². The van der Waals surface area contributed by atoms with Crippen molar-refractivity contribution in [1.29, 1.82) is 0 Å². The van der Waals surface area contributed by atoms with Gasteiger partial charge >= 0.3 is 5.51 Å². The van der Waals surface area contributed by atoms with Gasteiger partial charge in [0.25, 0.3) is 0 Å². The predicted octanol–water partition coefficient (Wildman–Crippen LogP) is 3.51. The van der Waals surface area contributed by atoms with Crippen molar-refractivity contribution in [3.05, 3.63) is 22.9 Å². The Kier molecular flexibility index (Phi) is 4.72. The molecule has 0 bridgehead atoms. The zero-order valence-corrected chi connectivity index (χ0v) is 9.92. The average molecular weight is 301 g/mol. The van der Waals surface area contributed by atoms with Crippen LogP contribution in [-0.2, 0) is 0 Å². The zero-order valence-electron chi connectivity index (χ0n) is 7.51. The number of alkyl halides is 3. The minimum atomic E-state index is -4.16. The van der Waals surface area contributed by atoms with Crippen LogP contribution in [0.1, 0.15) is 0 Å². The molecule has 0 aliphatic heterocycles.